The Kier molecular flexibility index (Phi) is 9.54. The number of nitrogens with zero attached hydrogens (tertiary/aromatic N) is 2. The highest BCUT2D eigenvalue weighted by Gasteiger charge is 2.19. The largest absolute Gasteiger partial charge is 0.310 e. The molecule has 2 nitrogen and oxygen atoms in total. The van der Waals surface area contributed by atoms with Crippen LogP contribution in [0.5, 0.6) is 0 Å². The summed E-state index contributed by atoms with van der Waals surface area (Å²) in [5, 5.41) is 10.1. The maximum Gasteiger partial charge on any atom is 0.0541 e. The third-order valence-corrected chi connectivity index (χ3v) is 13.8. The summed E-state index contributed by atoms with van der Waals surface area (Å²) >= 11 is 0. The van der Waals surface area contributed by atoms with E-state index in [9.17, 15) is 0 Å². The van der Waals surface area contributed by atoms with E-state index in [-0.39, 0.29) is 0 Å². The van der Waals surface area contributed by atoms with Gasteiger partial charge in [-0.2, -0.15) is 0 Å². The zero-order valence-electron chi connectivity index (χ0n) is 37.3. The Morgan fingerprint density at radius 1 is 0.235 bits per heavy atom. The lowest BCUT2D eigenvalue weighted by molar-refractivity contribution is 1.18. The van der Waals surface area contributed by atoms with E-state index in [1.54, 1.807) is 0 Å². The van der Waals surface area contributed by atoms with Gasteiger partial charge in [0.05, 0.1) is 16.7 Å². The fourth-order valence-electron chi connectivity index (χ4n) is 10.6. The van der Waals surface area contributed by atoms with Crippen LogP contribution in [0.3, 0.4) is 0 Å². The van der Waals surface area contributed by atoms with Gasteiger partial charge in [-0.25, -0.2) is 0 Å². The van der Waals surface area contributed by atoms with Crippen LogP contribution in [0.4, 0.5) is 17.1 Å². The van der Waals surface area contributed by atoms with Crippen molar-refractivity contribution in [2.45, 2.75) is 0 Å². The summed E-state index contributed by atoms with van der Waals surface area (Å²) in [7, 11) is 0. The highest BCUT2D eigenvalue weighted by Crippen LogP contribution is 2.43. The zero-order valence-corrected chi connectivity index (χ0v) is 37.3. The third-order valence-electron chi connectivity index (χ3n) is 13.8. The SMILES string of the molecule is c1cc(-c2cccc3ccccc23)cc(N(c2ccc(-c3ccc4c(ccc5ccccc54)c3)cc2)c2ccc(-c3ccccc3-c3ccccc3-n3c4ccccc4c4ccccc43)cc2)c1. The van der Waals surface area contributed by atoms with Crippen LogP contribution < -0.4 is 4.90 Å². The number of anilines is 3. The van der Waals surface area contributed by atoms with Gasteiger partial charge in [0.25, 0.3) is 0 Å². The van der Waals surface area contributed by atoms with Crippen LogP contribution >= 0.6 is 0 Å². The van der Waals surface area contributed by atoms with Crippen LogP contribution in [-0.4, -0.2) is 4.57 Å². The Bertz CT molecular complexity index is 3970. The molecule has 0 unspecified atom stereocenters. The lowest BCUT2D eigenvalue weighted by Gasteiger charge is -2.27. The first-order chi connectivity index (χ1) is 33.7. The smallest absolute Gasteiger partial charge is 0.0541 e. The van der Waals surface area contributed by atoms with Gasteiger partial charge in [0.15, 0.2) is 0 Å². The number of aromatic nitrogens is 1. The van der Waals surface area contributed by atoms with Crippen LogP contribution in [0.25, 0.3) is 104 Å². The molecule has 0 saturated carbocycles. The van der Waals surface area contributed by atoms with Gasteiger partial charge < -0.3 is 9.47 Å². The van der Waals surface area contributed by atoms with Gasteiger partial charge >= 0.3 is 0 Å². The molecule has 13 aromatic rings. The monoisotopic (exact) mass is 864 g/mol. The van der Waals surface area contributed by atoms with E-state index >= 15 is 0 Å². The first-order valence-electron chi connectivity index (χ1n) is 23.4. The second-order valence-corrected chi connectivity index (χ2v) is 17.7. The minimum Gasteiger partial charge on any atom is -0.310 e. The molecule has 1 aromatic heterocycles. The lowest BCUT2D eigenvalue weighted by Crippen LogP contribution is -2.10. The minimum atomic E-state index is 1.08. The molecule has 0 atom stereocenters. The third kappa shape index (κ3) is 6.73. The molecule has 0 spiro atoms. The molecule has 0 N–H and O–H groups in total. The van der Waals surface area contributed by atoms with Gasteiger partial charge in [-0.1, -0.05) is 206 Å². The molecule has 0 fully saturated rings. The van der Waals surface area contributed by atoms with Gasteiger partial charge in [0.2, 0.25) is 0 Å². The Morgan fingerprint density at radius 3 is 1.47 bits per heavy atom. The second kappa shape index (κ2) is 16.5. The lowest BCUT2D eigenvalue weighted by atomic mass is 9.93. The quantitative estimate of drug-likeness (QED) is 0.138. The van der Waals surface area contributed by atoms with Crippen molar-refractivity contribution in [1.29, 1.82) is 0 Å². The van der Waals surface area contributed by atoms with E-state index in [1.807, 2.05) is 0 Å². The highest BCUT2D eigenvalue weighted by atomic mass is 15.1. The van der Waals surface area contributed by atoms with Crippen LogP contribution in [0.1, 0.15) is 0 Å². The number of benzene rings is 12. The van der Waals surface area contributed by atoms with Gasteiger partial charge in [0.1, 0.15) is 0 Å². The van der Waals surface area contributed by atoms with E-state index < -0.39 is 0 Å². The number of fused-ring (bicyclic) bond motifs is 7. The fourth-order valence-corrected chi connectivity index (χ4v) is 10.6. The number of rotatable bonds is 8. The summed E-state index contributed by atoms with van der Waals surface area (Å²) in [6.07, 6.45) is 0. The molecule has 0 radical (unpaired) electrons. The number of hydrogen-bond donors (Lipinski definition) is 0. The standard InChI is InChI=1S/C66H44N2/c1-3-20-55-46(15-1)17-14-27-58(55)50-18-13-19-54(44-50)67(52-38-33-45(34-39-52)49-37-42-59-51(43-49)32-31-47-16-2-4-21-56(47)59)53-40-35-48(36-41-53)57-22-5-6-23-60(57)61-24-7-10-28-64(61)68-65-29-11-8-25-62(65)63-26-9-12-30-66(63)68/h1-44H. The van der Waals surface area contributed by atoms with Crippen molar-refractivity contribution in [3.05, 3.63) is 267 Å². The van der Waals surface area contributed by atoms with Crippen molar-refractivity contribution >= 4 is 71.2 Å². The van der Waals surface area contributed by atoms with Crippen molar-refractivity contribution in [3.8, 4) is 50.2 Å². The normalized spacial score (nSPS) is 11.5. The molecule has 2 heteroatoms. The maximum absolute atomic E-state index is 2.43. The van der Waals surface area contributed by atoms with Crippen molar-refractivity contribution in [3.63, 3.8) is 0 Å². The maximum atomic E-state index is 2.43. The van der Waals surface area contributed by atoms with E-state index in [4.69, 9.17) is 0 Å². The van der Waals surface area contributed by atoms with Crippen molar-refractivity contribution in [1.82, 2.24) is 4.57 Å². The molecule has 68 heavy (non-hydrogen) atoms. The van der Waals surface area contributed by atoms with Gasteiger partial charge in [-0.3, -0.25) is 0 Å². The molecule has 0 bridgehead atoms. The zero-order chi connectivity index (χ0) is 45.0. The molecule has 0 aliphatic heterocycles. The van der Waals surface area contributed by atoms with E-state index in [1.165, 1.54) is 93.1 Å². The van der Waals surface area contributed by atoms with Gasteiger partial charge in [-0.05, 0) is 132 Å². The summed E-state index contributed by atoms with van der Waals surface area (Å²) in [6.45, 7) is 0. The summed E-state index contributed by atoms with van der Waals surface area (Å²) in [5.41, 5.74) is 16.3. The summed E-state index contributed by atoms with van der Waals surface area (Å²) in [6, 6.07) is 97.5. The fraction of sp³-hybridized carbons (Fsp3) is 0. The van der Waals surface area contributed by atoms with Crippen LogP contribution in [0.2, 0.25) is 0 Å². The van der Waals surface area contributed by atoms with Crippen molar-refractivity contribution in [2.24, 2.45) is 0 Å². The summed E-state index contributed by atoms with van der Waals surface area (Å²) < 4.78 is 2.43. The second-order valence-electron chi connectivity index (χ2n) is 17.7. The minimum absolute atomic E-state index is 1.08. The summed E-state index contributed by atoms with van der Waals surface area (Å²) in [4.78, 5) is 2.39. The predicted molar refractivity (Wildman–Crippen MR) is 290 cm³/mol. The van der Waals surface area contributed by atoms with E-state index in [0.29, 0.717) is 0 Å². The Hall–Kier alpha value is -8.98. The molecule has 0 saturated heterocycles. The highest BCUT2D eigenvalue weighted by molar-refractivity contribution is 6.10. The molecule has 0 amide bonds. The van der Waals surface area contributed by atoms with Gasteiger partial charge in [-0.15, -0.1) is 0 Å². The average Bonchev–Trinajstić information content (AvgIpc) is 3.75. The Balaban J connectivity index is 0.910. The number of para-hydroxylation sites is 3. The Labute approximate surface area is 395 Å². The van der Waals surface area contributed by atoms with Gasteiger partial charge in [0, 0.05) is 33.4 Å². The first kappa shape index (κ1) is 39.4. The Morgan fingerprint density at radius 2 is 0.735 bits per heavy atom. The van der Waals surface area contributed by atoms with E-state index in [0.717, 1.165) is 28.3 Å². The molecule has 1 heterocycles. The van der Waals surface area contributed by atoms with Crippen LogP contribution in [0, 0.1) is 0 Å². The molecule has 12 aromatic carbocycles. The van der Waals surface area contributed by atoms with E-state index in [2.05, 4.69) is 276 Å². The molecule has 13 rings (SSSR count). The number of hydrogen-bond acceptors (Lipinski definition) is 1. The molecule has 318 valence electrons. The van der Waals surface area contributed by atoms with Crippen LogP contribution in [0.15, 0.2) is 267 Å². The molecular weight excluding hydrogens is 821 g/mol. The van der Waals surface area contributed by atoms with Crippen LogP contribution in [-0.2, 0) is 0 Å². The van der Waals surface area contributed by atoms with Crippen molar-refractivity contribution in [2.75, 3.05) is 4.90 Å². The molecule has 0 aliphatic carbocycles. The molecule has 0 aliphatic rings. The first-order valence-corrected chi connectivity index (χ1v) is 23.4. The molecular formula is C66H44N2. The van der Waals surface area contributed by atoms with Crippen molar-refractivity contribution < 1.29 is 0 Å². The topological polar surface area (TPSA) is 8.17 Å². The summed E-state index contributed by atoms with van der Waals surface area (Å²) in [5.74, 6) is 0. The average molecular weight is 865 g/mol. The predicted octanol–water partition coefficient (Wildman–Crippen LogP) is 18.4.